The fourth-order valence-corrected chi connectivity index (χ4v) is 2.78. The summed E-state index contributed by atoms with van der Waals surface area (Å²) >= 11 is 0. The Morgan fingerprint density at radius 3 is 2.67 bits per heavy atom. The molecule has 1 aliphatic heterocycles. The summed E-state index contributed by atoms with van der Waals surface area (Å²) in [7, 11) is 0. The van der Waals surface area contributed by atoms with E-state index in [9.17, 15) is 0 Å². The highest BCUT2D eigenvalue weighted by Gasteiger charge is 2.24. The summed E-state index contributed by atoms with van der Waals surface area (Å²) in [5, 5.41) is 0. The summed E-state index contributed by atoms with van der Waals surface area (Å²) in [6.07, 6.45) is 5.14. The molecule has 3 rings (SSSR count). The van der Waals surface area contributed by atoms with Crippen LogP contribution in [-0.4, -0.2) is 18.0 Å². The Morgan fingerprint density at radius 2 is 1.87 bits per heavy atom. The quantitative estimate of drug-likeness (QED) is 0.671. The van der Waals surface area contributed by atoms with Crippen LogP contribution in [-0.2, 0) is 0 Å². The average Bonchev–Trinajstić information content (AvgIpc) is 2.87. The molecule has 1 saturated heterocycles. The van der Waals surface area contributed by atoms with Gasteiger partial charge in [0.15, 0.2) is 0 Å². The molecule has 1 unspecified atom stereocenters. The van der Waals surface area contributed by atoms with Crippen molar-refractivity contribution in [2.75, 3.05) is 13.1 Å². The minimum atomic E-state index is 0.594. The normalized spacial score (nSPS) is 24.2. The van der Waals surface area contributed by atoms with Gasteiger partial charge in [-0.2, -0.15) is 0 Å². The molecular formula is C14H17N. The molecule has 2 aliphatic rings. The maximum atomic E-state index is 2.54. The maximum absolute atomic E-state index is 2.54. The Kier molecular flexibility index (Phi) is 2.05. The van der Waals surface area contributed by atoms with Gasteiger partial charge in [-0.05, 0) is 18.4 Å². The molecule has 0 saturated carbocycles. The Balaban J connectivity index is 2.00. The van der Waals surface area contributed by atoms with Crippen LogP contribution in [0.15, 0.2) is 30.3 Å². The van der Waals surface area contributed by atoms with E-state index < -0.39 is 0 Å². The second kappa shape index (κ2) is 3.41. The summed E-state index contributed by atoms with van der Waals surface area (Å²) in [6, 6.07) is 8.83. The van der Waals surface area contributed by atoms with Gasteiger partial charge in [-0.15, -0.1) is 0 Å². The van der Waals surface area contributed by atoms with Crippen molar-refractivity contribution in [3.8, 4) is 0 Å². The molecule has 1 heterocycles. The van der Waals surface area contributed by atoms with Crippen molar-refractivity contribution in [3.05, 3.63) is 41.5 Å². The number of hydrogen-bond donors (Lipinski definition) is 0. The number of allylic oxidation sites excluding steroid dienone is 1. The zero-order valence-corrected chi connectivity index (χ0v) is 9.24. The highest BCUT2D eigenvalue weighted by molar-refractivity contribution is 5.73. The lowest BCUT2D eigenvalue weighted by Crippen LogP contribution is -2.16. The summed E-state index contributed by atoms with van der Waals surface area (Å²) in [6.45, 7) is 4.78. The van der Waals surface area contributed by atoms with E-state index in [-0.39, 0.29) is 0 Å². The lowest BCUT2D eigenvalue weighted by atomic mass is 10.0. The molecule has 1 atom stereocenters. The van der Waals surface area contributed by atoms with E-state index in [0.717, 1.165) is 0 Å². The SMILES string of the molecule is CC1C=C(N2CCCC2)c2ccccc21. The predicted octanol–water partition coefficient (Wildman–Crippen LogP) is 3.24. The number of benzene rings is 1. The molecule has 0 spiro atoms. The van der Waals surface area contributed by atoms with Gasteiger partial charge in [0.2, 0.25) is 0 Å². The molecule has 1 heteroatoms. The monoisotopic (exact) mass is 199 g/mol. The average molecular weight is 199 g/mol. The summed E-state index contributed by atoms with van der Waals surface area (Å²) < 4.78 is 0. The van der Waals surface area contributed by atoms with Crippen molar-refractivity contribution in [2.24, 2.45) is 0 Å². The molecular weight excluding hydrogens is 182 g/mol. The molecule has 0 radical (unpaired) electrons. The van der Waals surface area contributed by atoms with Crippen molar-refractivity contribution in [1.29, 1.82) is 0 Å². The van der Waals surface area contributed by atoms with E-state index >= 15 is 0 Å². The van der Waals surface area contributed by atoms with Gasteiger partial charge >= 0.3 is 0 Å². The first kappa shape index (κ1) is 9.02. The van der Waals surface area contributed by atoms with Crippen LogP contribution in [0.5, 0.6) is 0 Å². The Bertz CT molecular complexity index is 400. The molecule has 0 amide bonds. The standard InChI is InChI=1S/C14H17N/c1-11-10-14(15-8-4-5-9-15)13-7-3-2-6-12(11)13/h2-3,6-7,10-11H,4-5,8-9H2,1H3. The van der Waals surface area contributed by atoms with Crippen molar-refractivity contribution in [1.82, 2.24) is 4.90 Å². The summed E-state index contributed by atoms with van der Waals surface area (Å²) in [5.41, 5.74) is 4.45. The van der Waals surface area contributed by atoms with E-state index in [2.05, 4.69) is 42.2 Å². The van der Waals surface area contributed by atoms with E-state index in [4.69, 9.17) is 0 Å². The number of fused-ring (bicyclic) bond motifs is 1. The third-order valence-corrected chi connectivity index (χ3v) is 3.58. The van der Waals surface area contributed by atoms with Gasteiger partial charge in [0.1, 0.15) is 0 Å². The lowest BCUT2D eigenvalue weighted by Gasteiger charge is -2.19. The number of likely N-dealkylation sites (tertiary alicyclic amines) is 1. The van der Waals surface area contributed by atoms with Crippen LogP contribution in [0.3, 0.4) is 0 Å². The van der Waals surface area contributed by atoms with Crippen LogP contribution in [0.25, 0.3) is 5.70 Å². The van der Waals surface area contributed by atoms with Gasteiger partial charge in [-0.3, -0.25) is 0 Å². The lowest BCUT2D eigenvalue weighted by molar-refractivity contribution is 0.493. The molecule has 1 aliphatic carbocycles. The number of rotatable bonds is 1. The third kappa shape index (κ3) is 1.38. The van der Waals surface area contributed by atoms with Gasteiger partial charge in [0.05, 0.1) is 0 Å². The van der Waals surface area contributed by atoms with Crippen LogP contribution in [0, 0.1) is 0 Å². The topological polar surface area (TPSA) is 3.24 Å². The van der Waals surface area contributed by atoms with Crippen LogP contribution < -0.4 is 0 Å². The molecule has 15 heavy (non-hydrogen) atoms. The predicted molar refractivity (Wildman–Crippen MR) is 63.6 cm³/mol. The van der Waals surface area contributed by atoms with Crippen molar-refractivity contribution < 1.29 is 0 Å². The fourth-order valence-electron chi connectivity index (χ4n) is 2.78. The van der Waals surface area contributed by atoms with E-state index in [1.165, 1.54) is 42.8 Å². The molecule has 0 aromatic heterocycles. The maximum Gasteiger partial charge on any atom is 0.0408 e. The van der Waals surface area contributed by atoms with Crippen molar-refractivity contribution in [2.45, 2.75) is 25.7 Å². The molecule has 1 aromatic rings. The third-order valence-electron chi connectivity index (χ3n) is 3.58. The van der Waals surface area contributed by atoms with E-state index in [0.29, 0.717) is 5.92 Å². The number of hydrogen-bond acceptors (Lipinski definition) is 1. The van der Waals surface area contributed by atoms with Crippen LogP contribution >= 0.6 is 0 Å². The van der Waals surface area contributed by atoms with Gasteiger partial charge in [-0.1, -0.05) is 37.3 Å². The molecule has 1 nitrogen and oxygen atoms in total. The Morgan fingerprint density at radius 1 is 1.13 bits per heavy atom. The molecule has 0 N–H and O–H groups in total. The highest BCUT2D eigenvalue weighted by Crippen LogP contribution is 2.38. The second-order valence-electron chi connectivity index (χ2n) is 4.62. The zero-order valence-electron chi connectivity index (χ0n) is 9.24. The van der Waals surface area contributed by atoms with E-state index in [1.54, 1.807) is 0 Å². The summed E-state index contributed by atoms with van der Waals surface area (Å²) in [4.78, 5) is 2.54. The first-order valence-electron chi connectivity index (χ1n) is 5.92. The van der Waals surface area contributed by atoms with Gasteiger partial charge < -0.3 is 4.90 Å². The zero-order chi connectivity index (χ0) is 10.3. The van der Waals surface area contributed by atoms with Crippen molar-refractivity contribution in [3.63, 3.8) is 0 Å². The van der Waals surface area contributed by atoms with Gasteiger partial charge in [0.25, 0.3) is 0 Å². The minimum absolute atomic E-state index is 0.594. The van der Waals surface area contributed by atoms with Crippen LogP contribution in [0.1, 0.15) is 36.8 Å². The fraction of sp³-hybridized carbons (Fsp3) is 0.429. The molecule has 0 bridgehead atoms. The minimum Gasteiger partial charge on any atom is -0.371 e. The second-order valence-corrected chi connectivity index (χ2v) is 4.62. The van der Waals surface area contributed by atoms with Gasteiger partial charge in [-0.25, -0.2) is 0 Å². The molecule has 1 aromatic carbocycles. The van der Waals surface area contributed by atoms with Crippen LogP contribution in [0.2, 0.25) is 0 Å². The van der Waals surface area contributed by atoms with Crippen LogP contribution in [0.4, 0.5) is 0 Å². The molecule has 78 valence electrons. The number of nitrogens with zero attached hydrogens (tertiary/aromatic N) is 1. The smallest absolute Gasteiger partial charge is 0.0408 e. The summed E-state index contributed by atoms with van der Waals surface area (Å²) in [5.74, 6) is 0.594. The van der Waals surface area contributed by atoms with Crippen molar-refractivity contribution >= 4 is 5.70 Å². The Labute approximate surface area is 91.4 Å². The highest BCUT2D eigenvalue weighted by atomic mass is 15.2. The Hall–Kier alpha value is -1.24. The first-order valence-corrected chi connectivity index (χ1v) is 5.92. The first-order chi connectivity index (χ1) is 7.36. The largest absolute Gasteiger partial charge is 0.371 e. The molecule has 1 fully saturated rings. The van der Waals surface area contributed by atoms with Gasteiger partial charge in [0, 0.05) is 30.3 Å². The van der Waals surface area contributed by atoms with E-state index in [1.807, 2.05) is 0 Å².